The zero-order valence-electron chi connectivity index (χ0n) is 17.7. The quantitative estimate of drug-likeness (QED) is 0.579. The molecule has 0 spiro atoms. The number of anilines is 1. The summed E-state index contributed by atoms with van der Waals surface area (Å²) in [5.74, 6) is -0.974. The van der Waals surface area contributed by atoms with Gasteiger partial charge in [-0.05, 0) is 60.6 Å². The average Bonchev–Trinajstić information content (AvgIpc) is 2.74. The molecule has 4 nitrogen and oxygen atoms in total. The number of rotatable bonds is 5. The third-order valence-corrected chi connectivity index (χ3v) is 5.74. The van der Waals surface area contributed by atoms with Crippen molar-refractivity contribution < 1.29 is 12.0 Å². The number of halogens is 1. The van der Waals surface area contributed by atoms with E-state index in [2.05, 4.69) is 41.1 Å². The summed E-state index contributed by atoms with van der Waals surface area (Å²) in [4.78, 5) is 14.2. The van der Waals surface area contributed by atoms with E-state index in [0.29, 0.717) is 5.56 Å². The van der Waals surface area contributed by atoms with Crippen LogP contribution in [0.15, 0.2) is 73.3 Å². The molecule has 3 aromatic carbocycles. The van der Waals surface area contributed by atoms with Gasteiger partial charge in [0, 0.05) is 32.1 Å². The van der Waals surface area contributed by atoms with E-state index in [1.165, 1.54) is 17.7 Å². The number of nitrogens with one attached hydrogen (secondary N) is 1. The zero-order valence-corrected chi connectivity index (χ0v) is 17.7. The topological polar surface area (TPSA) is 58.4 Å². The fourth-order valence-electron chi connectivity index (χ4n) is 4.37. The Morgan fingerprint density at radius 3 is 2.32 bits per heavy atom. The van der Waals surface area contributed by atoms with Gasteiger partial charge in [0.1, 0.15) is 5.82 Å². The third kappa shape index (κ3) is 4.09. The Morgan fingerprint density at radius 2 is 1.71 bits per heavy atom. The Labute approximate surface area is 185 Å². The highest BCUT2D eigenvalue weighted by Gasteiger charge is 2.35. The molecule has 3 aromatic rings. The highest BCUT2D eigenvalue weighted by molar-refractivity contribution is 6.02. The number of hydrogen-bond donors (Lipinski definition) is 2. The van der Waals surface area contributed by atoms with Gasteiger partial charge in [0.05, 0.1) is 6.04 Å². The molecule has 0 saturated carbocycles. The molecule has 0 bridgehead atoms. The number of fused-ring (bicyclic) bond motifs is 1. The molecule has 5 heteroatoms. The summed E-state index contributed by atoms with van der Waals surface area (Å²) in [5, 5.41) is 3.59. The van der Waals surface area contributed by atoms with Gasteiger partial charge in [-0.25, -0.2) is 4.39 Å². The van der Waals surface area contributed by atoms with E-state index in [4.69, 9.17) is 5.73 Å². The number of nitrogens with zero attached hydrogens (tertiary/aromatic N) is 1. The third-order valence-electron chi connectivity index (χ3n) is 5.74. The lowest BCUT2D eigenvalue weighted by molar-refractivity contribution is 0.1000. The van der Waals surface area contributed by atoms with E-state index < -0.39 is 5.91 Å². The molecule has 162 valence electrons. The number of benzene rings is 3. The molecule has 2 atom stereocenters. The van der Waals surface area contributed by atoms with Gasteiger partial charge < -0.3 is 16.0 Å². The van der Waals surface area contributed by atoms with Crippen LogP contribution >= 0.6 is 0 Å². The molecule has 1 amide bonds. The monoisotopic (exact) mass is 419 g/mol. The van der Waals surface area contributed by atoms with Crippen LogP contribution in [0.5, 0.6) is 0 Å². The first-order chi connectivity index (χ1) is 14.8. The predicted molar refractivity (Wildman–Crippen MR) is 128 cm³/mol. The molecular weight excluding hydrogens is 389 g/mol. The van der Waals surface area contributed by atoms with Gasteiger partial charge in [0.15, 0.2) is 0 Å². The predicted octanol–water partition coefficient (Wildman–Crippen LogP) is 5.44. The summed E-state index contributed by atoms with van der Waals surface area (Å²) >= 11 is 0. The number of nitrogens with two attached hydrogens (primary N) is 1. The van der Waals surface area contributed by atoms with Gasteiger partial charge in [-0.1, -0.05) is 49.0 Å². The van der Waals surface area contributed by atoms with E-state index in [9.17, 15) is 9.18 Å². The molecule has 3 N–H and O–H groups in total. The second-order valence-corrected chi connectivity index (χ2v) is 8.25. The highest BCUT2D eigenvalue weighted by atomic mass is 19.1. The van der Waals surface area contributed by atoms with Crippen molar-refractivity contribution in [1.82, 2.24) is 4.90 Å². The van der Waals surface area contributed by atoms with Crippen molar-refractivity contribution in [3.8, 4) is 0 Å². The van der Waals surface area contributed by atoms with Gasteiger partial charge in [-0.2, -0.15) is 0 Å². The van der Waals surface area contributed by atoms with E-state index in [-0.39, 0.29) is 20.6 Å². The van der Waals surface area contributed by atoms with Crippen LogP contribution in [0, 0.1) is 5.82 Å². The van der Waals surface area contributed by atoms with Gasteiger partial charge in [0.25, 0.3) is 0 Å². The molecule has 1 aliphatic rings. The normalized spacial score (nSPS) is 17.9. The van der Waals surface area contributed by atoms with Crippen LogP contribution in [0.2, 0.25) is 0 Å². The van der Waals surface area contributed by atoms with Crippen LogP contribution < -0.4 is 11.1 Å². The molecule has 0 saturated heterocycles. The summed E-state index contributed by atoms with van der Waals surface area (Å²) in [6.45, 7) is 5.22. The summed E-state index contributed by atoms with van der Waals surface area (Å²) in [6.07, 6.45) is 0. The summed E-state index contributed by atoms with van der Waals surface area (Å²) in [6, 6.07) is 20.3. The lowest BCUT2D eigenvalue weighted by atomic mass is 9.75. The Hall–Kier alpha value is -3.44. The first-order valence-electron chi connectivity index (χ1n) is 10.2. The largest absolute Gasteiger partial charge is 0.377 e. The van der Waals surface area contributed by atoms with Crippen LogP contribution in [0.4, 0.5) is 10.1 Å². The first kappa shape index (κ1) is 20.8. The molecule has 4 rings (SSSR count). The van der Waals surface area contributed by atoms with Crippen LogP contribution in [0.1, 0.15) is 47.4 Å². The van der Waals surface area contributed by atoms with Gasteiger partial charge in [-0.15, -0.1) is 0 Å². The fraction of sp³-hybridized carbons (Fsp3) is 0.192. The SMILES string of the molecule is C=C1c2c(cccc2C(N)=O)NC(c2ccc(CN(C)C)cc2)C1c1ccc(F)cc1.[HH].[HH]. The maximum Gasteiger partial charge on any atom is 0.249 e. The molecule has 0 radical (unpaired) electrons. The van der Waals surface area contributed by atoms with Crippen molar-refractivity contribution in [2.45, 2.75) is 18.5 Å². The minimum Gasteiger partial charge on any atom is -0.377 e. The Bertz CT molecular complexity index is 1130. The molecule has 1 aliphatic heterocycles. The van der Waals surface area contributed by atoms with Crippen molar-refractivity contribution in [3.63, 3.8) is 0 Å². The van der Waals surface area contributed by atoms with Crippen LogP contribution in [-0.4, -0.2) is 24.9 Å². The maximum absolute atomic E-state index is 13.6. The molecule has 0 aromatic heterocycles. The standard InChI is InChI=1S/C26H26FN3O.2H2/c1-16-23(18-11-13-20(27)14-12-18)25(19-9-7-17(8-10-19)15-30(2)3)29-22-6-4-5-21(24(16)22)26(28)31;;/h4-14,23,25,29H,1,15H2,2-3H3,(H2,28,31);2*1H. The summed E-state index contributed by atoms with van der Waals surface area (Å²) in [5.41, 5.74) is 11.6. The Balaban J connectivity index is 0.00000193. The molecule has 0 fully saturated rings. The molecule has 31 heavy (non-hydrogen) atoms. The fourth-order valence-corrected chi connectivity index (χ4v) is 4.37. The number of carbonyl (C=O) groups excluding carboxylic acids is 1. The zero-order chi connectivity index (χ0) is 22.1. The van der Waals surface area contributed by atoms with Crippen LogP contribution in [0.25, 0.3) is 5.57 Å². The molecule has 2 unspecified atom stereocenters. The smallest absolute Gasteiger partial charge is 0.249 e. The molecule has 1 heterocycles. The number of carbonyl (C=O) groups is 1. The van der Waals surface area contributed by atoms with E-state index in [0.717, 1.165) is 34.5 Å². The first-order valence-corrected chi connectivity index (χ1v) is 10.2. The number of hydrogen-bond acceptors (Lipinski definition) is 3. The van der Waals surface area contributed by atoms with Crippen molar-refractivity contribution in [3.05, 3.63) is 107 Å². The van der Waals surface area contributed by atoms with Crippen LogP contribution in [0.3, 0.4) is 0 Å². The Morgan fingerprint density at radius 1 is 1.06 bits per heavy atom. The highest BCUT2D eigenvalue weighted by Crippen LogP contribution is 2.49. The minimum absolute atomic E-state index is 0. The van der Waals surface area contributed by atoms with Crippen molar-refractivity contribution in [1.29, 1.82) is 0 Å². The second-order valence-electron chi connectivity index (χ2n) is 8.25. The second kappa shape index (κ2) is 8.36. The molecule has 0 aliphatic carbocycles. The summed E-state index contributed by atoms with van der Waals surface area (Å²) < 4.78 is 13.6. The average molecular weight is 420 g/mol. The molecular formula is C26H30FN3O. The van der Waals surface area contributed by atoms with Gasteiger partial charge >= 0.3 is 0 Å². The van der Waals surface area contributed by atoms with E-state index in [1.54, 1.807) is 18.2 Å². The van der Waals surface area contributed by atoms with Crippen molar-refractivity contribution in [2.75, 3.05) is 19.4 Å². The van der Waals surface area contributed by atoms with E-state index >= 15 is 0 Å². The van der Waals surface area contributed by atoms with Gasteiger partial charge in [0.2, 0.25) is 5.91 Å². The van der Waals surface area contributed by atoms with Crippen LogP contribution in [-0.2, 0) is 6.54 Å². The number of amides is 1. The lowest BCUT2D eigenvalue weighted by Gasteiger charge is -2.38. The minimum atomic E-state index is -0.496. The van der Waals surface area contributed by atoms with Gasteiger partial charge in [-0.3, -0.25) is 4.79 Å². The summed E-state index contributed by atoms with van der Waals surface area (Å²) in [7, 11) is 4.08. The van der Waals surface area contributed by atoms with E-state index in [1.807, 2.05) is 26.2 Å². The van der Waals surface area contributed by atoms with Crippen molar-refractivity contribution >= 4 is 17.2 Å². The maximum atomic E-state index is 13.6. The Kier molecular flexibility index (Phi) is 5.61. The number of primary amides is 1. The van der Waals surface area contributed by atoms with Crippen molar-refractivity contribution in [2.24, 2.45) is 5.73 Å². The lowest BCUT2D eigenvalue weighted by Crippen LogP contribution is -2.28.